The minimum Gasteiger partial charge on any atom is -0.375 e. The van der Waals surface area contributed by atoms with E-state index in [0.29, 0.717) is 0 Å². The van der Waals surface area contributed by atoms with Gasteiger partial charge in [0, 0.05) is 21.9 Å². The number of fused-ring (bicyclic) bond motifs is 10. The molecule has 4 aliphatic carbocycles. The molecule has 2 aliphatic heterocycles. The number of hydrogen-bond acceptors (Lipinski definition) is 2. The Morgan fingerprint density at radius 2 is 0.783 bits per heavy atom. The molecule has 2 fully saturated rings. The number of benzene rings is 4. The maximum atomic E-state index is 4.32. The highest BCUT2D eigenvalue weighted by Crippen LogP contribution is 2.56. The highest BCUT2D eigenvalue weighted by Gasteiger charge is 2.44. The zero-order chi connectivity index (χ0) is 30.3. The maximum Gasteiger partial charge on any atom is 0.0591 e. The first-order chi connectivity index (χ1) is 22.7. The summed E-state index contributed by atoms with van der Waals surface area (Å²) in [5.41, 5.74) is 15.9. The summed E-state index contributed by atoms with van der Waals surface area (Å²) in [6.07, 6.45) is 23.7. The van der Waals surface area contributed by atoms with Gasteiger partial charge in [-0.15, -0.1) is 0 Å². The normalized spacial score (nSPS) is 23.0. The molecule has 46 heavy (non-hydrogen) atoms. The fourth-order valence-electron chi connectivity index (χ4n) is 11.2. The average Bonchev–Trinajstić information content (AvgIpc) is 3.13. The molecule has 0 atom stereocenters. The fourth-order valence-corrected chi connectivity index (χ4v) is 11.2. The Balaban J connectivity index is 1.24. The monoisotopic (exact) mass is 604 g/mol. The van der Waals surface area contributed by atoms with Gasteiger partial charge in [0.2, 0.25) is 0 Å². The summed E-state index contributed by atoms with van der Waals surface area (Å²) in [6.45, 7) is 0. The first-order valence-corrected chi connectivity index (χ1v) is 18.9. The van der Waals surface area contributed by atoms with Gasteiger partial charge in [0.05, 0.1) is 22.5 Å². The van der Waals surface area contributed by atoms with Gasteiger partial charge in [-0.2, -0.15) is 0 Å². The van der Waals surface area contributed by atoms with Gasteiger partial charge in [-0.3, -0.25) is 0 Å². The summed E-state index contributed by atoms with van der Waals surface area (Å²) in [6, 6.07) is 23.9. The van der Waals surface area contributed by atoms with Gasteiger partial charge in [-0.05, 0) is 133 Å². The second-order valence-electron chi connectivity index (χ2n) is 15.6. The van der Waals surface area contributed by atoms with Crippen molar-refractivity contribution in [1.82, 2.24) is 0 Å². The van der Waals surface area contributed by atoms with E-state index in [1.165, 1.54) is 171 Å². The highest BCUT2D eigenvalue weighted by molar-refractivity contribution is 6.16. The molecule has 6 aliphatic rings. The van der Waals surface area contributed by atoms with Gasteiger partial charge >= 0.3 is 0 Å². The summed E-state index contributed by atoms with van der Waals surface area (Å²) in [5.74, 6) is 0. The van der Waals surface area contributed by atoms with E-state index in [4.69, 9.17) is 0 Å². The molecule has 2 N–H and O–H groups in total. The van der Waals surface area contributed by atoms with Crippen molar-refractivity contribution in [3.05, 3.63) is 82.9 Å². The van der Waals surface area contributed by atoms with Crippen molar-refractivity contribution in [3.8, 4) is 11.1 Å². The number of hydrogen-bond donors (Lipinski definition) is 2. The van der Waals surface area contributed by atoms with Gasteiger partial charge < -0.3 is 10.6 Å². The van der Waals surface area contributed by atoms with E-state index in [9.17, 15) is 0 Å². The second kappa shape index (κ2) is 10.5. The number of anilines is 2. The Hall–Kier alpha value is -3.52. The van der Waals surface area contributed by atoms with Gasteiger partial charge in [-0.1, -0.05) is 87.1 Å². The predicted molar refractivity (Wildman–Crippen MR) is 197 cm³/mol. The number of rotatable bonds is 1. The molecule has 0 amide bonds. The lowest BCUT2D eigenvalue weighted by molar-refractivity contribution is 0.353. The molecule has 234 valence electrons. The second-order valence-corrected chi connectivity index (χ2v) is 15.6. The zero-order valence-corrected chi connectivity index (χ0v) is 27.5. The molecule has 0 aromatic heterocycles. The van der Waals surface area contributed by atoms with Crippen LogP contribution in [0.1, 0.15) is 127 Å². The lowest BCUT2D eigenvalue weighted by Crippen LogP contribution is -2.45. The van der Waals surface area contributed by atoms with Crippen LogP contribution in [0.25, 0.3) is 43.8 Å². The molecule has 0 bridgehead atoms. The lowest BCUT2D eigenvalue weighted by Gasteiger charge is -2.48. The molecule has 4 aromatic carbocycles. The van der Waals surface area contributed by atoms with Crippen LogP contribution >= 0.6 is 0 Å². The first kappa shape index (κ1) is 27.6. The van der Waals surface area contributed by atoms with E-state index in [1.807, 2.05) is 0 Å². The SMILES string of the molecule is c1ccc2c3c(cc(-c4cc5c(c6ccccc46)NC4(CCCCC4)C4=C5CCCC4)c2c1)C1=C(CCCC1)C1(CCCCC1)N3. The van der Waals surface area contributed by atoms with Gasteiger partial charge in [0.25, 0.3) is 0 Å². The fraction of sp³-hybridized carbons (Fsp3) is 0.455. The van der Waals surface area contributed by atoms with Crippen molar-refractivity contribution in [1.29, 1.82) is 0 Å². The highest BCUT2D eigenvalue weighted by atomic mass is 15.0. The van der Waals surface area contributed by atoms with E-state index in [1.54, 1.807) is 22.3 Å². The molecular weight excluding hydrogens is 556 g/mol. The number of allylic oxidation sites excluding steroid dienone is 2. The van der Waals surface area contributed by atoms with Crippen LogP contribution in [0.4, 0.5) is 11.4 Å². The largest absolute Gasteiger partial charge is 0.375 e. The third-order valence-corrected chi connectivity index (χ3v) is 13.3. The standard InChI is InChI=1S/C44H48N2/c1-11-23-43(24-12-1)39-21-9-7-17-31(39)37-27-35(29-15-3-5-19-33(29)41(37)45-43)36-28-38-32-18-8-10-22-40(32)44(25-13-2-14-26-44)46-42(38)34-20-6-4-16-30(34)36/h3-6,15-16,19-20,27-28,45-46H,1-2,7-14,17-18,21-26H2. The molecule has 2 saturated carbocycles. The van der Waals surface area contributed by atoms with Crippen molar-refractivity contribution < 1.29 is 0 Å². The molecule has 2 heterocycles. The Morgan fingerprint density at radius 1 is 0.391 bits per heavy atom. The van der Waals surface area contributed by atoms with Gasteiger partial charge in [0.15, 0.2) is 0 Å². The van der Waals surface area contributed by atoms with Crippen LogP contribution in [0.3, 0.4) is 0 Å². The average molecular weight is 605 g/mol. The van der Waals surface area contributed by atoms with Crippen molar-refractivity contribution in [3.63, 3.8) is 0 Å². The van der Waals surface area contributed by atoms with Gasteiger partial charge in [-0.25, -0.2) is 0 Å². The van der Waals surface area contributed by atoms with Crippen LogP contribution in [0.15, 0.2) is 71.8 Å². The third-order valence-electron chi connectivity index (χ3n) is 13.3. The molecule has 0 unspecified atom stereocenters. The smallest absolute Gasteiger partial charge is 0.0591 e. The number of nitrogens with one attached hydrogen (secondary N) is 2. The molecular formula is C44H48N2. The lowest BCUT2D eigenvalue weighted by atomic mass is 9.66. The molecule has 2 nitrogen and oxygen atoms in total. The molecule has 0 saturated heterocycles. The molecule has 10 rings (SSSR count). The van der Waals surface area contributed by atoms with E-state index in [2.05, 4.69) is 71.3 Å². The molecule has 4 aromatic rings. The third kappa shape index (κ3) is 3.94. The van der Waals surface area contributed by atoms with Crippen LogP contribution in [0.5, 0.6) is 0 Å². The summed E-state index contributed by atoms with van der Waals surface area (Å²) >= 11 is 0. The van der Waals surface area contributed by atoms with Crippen molar-refractivity contribution in [2.75, 3.05) is 10.6 Å². The van der Waals surface area contributed by atoms with Crippen LogP contribution in [-0.4, -0.2) is 11.1 Å². The van der Waals surface area contributed by atoms with Crippen LogP contribution < -0.4 is 10.6 Å². The van der Waals surface area contributed by atoms with Crippen molar-refractivity contribution >= 4 is 44.1 Å². The minimum atomic E-state index is 0.175. The van der Waals surface area contributed by atoms with Crippen LogP contribution in [-0.2, 0) is 0 Å². The topological polar surface area (TPSA) is 24.1 Å². The van der Waals surface area contributed by atoms with Gasteiger partial charge in [0.1, 0.15) is 0 Å². The Labute approximate surface area is 274 Å². The Kier molecular flexibility index (Phi) is 6.29. The summed E-state index contributed by atoms with van der Waals surface area (Å²) in [4.78, 5) is 0. The molecule has 2 spiro atoms. The van der Waals surface area contributed by atoms with E-state index in [-0.39, 0.29) is 11.1 Å². The van der Waals surface area contributed by atoms with Crippen molar-refractivity contribution in [2.24, 2.45) is 0 Å². The van der Waals surface area contributed by atoms with E-state index < -0.39 is 0 Å². The zero-order valence-electron chi connectivity index (χ0n) is 27.5. The van der Waals surface area contributed by atoms with Crippen molar-refractivity contribution in [2.45, 2.75) is 127 Å². The predicted octanol–water partition coefficient (Wildman–Crippen LogP) is 12.6. The summed E-state index contributed by atoms with van der Waals surface area (Å²) < 4.78 is 0. The van der Waals surface area contributed by atoms with Crippen LogP contribution in [0, 0.1) is 0 Å². The first-order valence-electron chi connectivity index (χ1n) is 18.9. The Bertz CT molecular complexity index is 1820. The van der Waals surface area contributed by atoms with Crippen LogP contribution in [0.2, 0.25) is 0 Å². The molecule has 2 heteroatoms. The summed E-state index contributed by atoms with van der Waals surface area (Å²) in [7, 11) is 0. The summed E-state index contributed by atoms with van der Waals surface area (Å²) in [5, 5.41) is 14.3. The maximum absolute atomic E-state index is 4.32. The molecule has 0 radical (unpaired) electrons. The van der Waals surface area contributed by atoms with E-state index in [0.717, 1.165) is 0 Å². The Morgan fingerprint density at radius 3 is 1.22 bits per heavy atom. The minimum absolute atomic E-state index is 0.175. The quantitative estimate of drug-likeness (QED) is 0.226. The van der Waals surface area contributed by atoms with E-state index >= 15 is 0 Å².